The van der Waals surface area contributed by atoms with Crippen molar-refractivity contribution in [2.45, 2.75) is 33.1 Å². The summed E-state index contributed by atoms with van der Waals surface area (Å²) in [5.74, 6) is -0.834. The molecule has 0 bridgehead atoms. The van der Waals surface area contributed by atoms with Crippen molar-refractivity contribution in [2.24, 2.45) is 11.7 Å². The van der Waals surface area contributed by atoms with Crippen molar-refractivity contribution in [1.82, 2.24) is 5.32 Å². The molecule has 0 aliphatic heterocycles. The second kappa shape index (κ2) is 6.46. The number of amides is 2. The van der Waals surface area contributed by atoms with Crippen LogP contribution in [-0.2, 0) is 9.59 Å². The Kier molecular flexibility index (Phi) is 5.93. The van der Waals surface area contributed by atoms with E-state index < -0.39 is 5.91 Å². The van der Waals surface area contributed by atoms with Gasteiger partial charge in [-0.15, -0.1) is 0 Å². The van der Waals surface area contributed by atoms with Crippen LogP contribution in [0.3, 0.4) is 0 Å². The first-order chi connectivity index (χ1) is 6.07. The van der Waals surface area contributed by atoms with E-state index in [0.717, 1.165) is 12.8 Å². The van der Waals surface area contributed by atoms with E-state index in [2.05, 4.69) is 12.2 Å². The van der Waals surface area contributed by atoms with Gasteiger partial charge in [-0.25, -0.2) is 0 Å². The highest BCUT2D eigenvalue weighted by molar-refractivity contribution is 5.84. The third-order valence-electron chi connectivity index (χ3n) is 1.78. The third kappa shape index (κ3) is 6.13. The lowest BCUT2D eigenvalue weighted by molar-refractivity contribution is -0.128. The second-order valence-corrected chi connectivity index (χ2v) is 3.22. The minimum atomic E-state index is -0.432. The molecule has 0 aliphatic carbocycles. The maximum atomic E-state index is 11.2. The van der Waals surface area contributed by atoms with Gasteiger partial charge in [0.05, 0.1) is 0 Å². The van der Waals surface area contributed by atoms with Crippen LogP contribution < -0.4 is 11.1 Å². The van der Waals surface area contributed by atoms with Crippen LogP contribution >= 0.6 is 0 Å². The smallest absolute Gasteiger partial charge is 0.223 e. The third-order valence-corrected chi connectivity index (χ3v) is 1.78. The molecule has 0 aromatic carbocycles. The molecule has 1 atom stereocenters. The van der Waals surface area contributed by atoms with E-state index in [-0.39, 0.29) is 18.2 Å². The average Bonchev–Trinajstić information content (AvgIpc) is 2.03. The fourth-order valence-corrected chi connectivity index (χ4v) is 0.957. The van der Waals surface area contributed by atoms with E-state index in [9.17, 15) is 9.59 Å². The number of carbonyl (C=O) groups excluding carboxylic acids is 2. The van der Waals surface area contributed by atoms with Crippen LogP contribution in [0.4, 0.5) is 0 Å². The van der Waals surface area contributed by atoms with E-state index in [1.165, 1.54) is 0 Å². The Labute approximate surface area is 78.9 Å². The molecule has 0 saturated carbocycles. The van der Waals surface area contributed by atoms with Gasteiger partial charge < -0.3 is 11.1 Å². The highest BCUT2D eigenvalue weighted by Crippen LogP contribution is 2.00. The molecule has 4 heteroatoms. The normalized spacial score (nSPS) is 12.2. The van der Waals surface area contributed by atoms with E-state index in [1.54, 1.807) is 6.92 Å². The standard InChI is InChI=1S/C9H18N2O2/c1-3-4-5-11-9(13)7(2)6-8(10)12/h7H,3-6H2,1-2H3,(H2,10,12)(H,11,13). The molecule has 0 aromatic heterocycles. The van der Waals surface area contributed by atoms with Crippen LogP contribution in [0.25, 0.3) is 0 Å². The van der Waals surface area contributed by atoms with Crippen LogP contribution in [0.5, 0.6) is 0 Å². The zero-order valence-electron chi connectivity index (χ0n) is 8.30. The Morgan fingerprint density at radius 2 is 2.08 bits per heavy atom. The Bertz CT molecular complexity index is 180. The van der Waals surface area contributed by atoms with Gasteiger partial charge in [0, 0.05) is 18.9 Å². The maximum absolute atomic E-state index is 11.2. The molecule has 3 N–H and O–H groups in total. The highest BCUT2D eigenvalue weighted by Gasteiger charge is 2.14. The first-order valence-electron chi connectivity index (χ1n) is 4.64. The lowest BCUT2D eigenvalue weighted by Crippen LogP contribution is -2.32. The lowest BCUT2D eigenvalue weighted by atomic mass is 10.1. The highest BCUT2D eigenvalue weighted by atomic mass is 16.2. The molecule has 0 radical (unpaired) electrons. The summed E-state index contributed by atoms with van der Waals surface area (Å²) >= 11 is 0. The first-order valence-corrected chi connectivity index (χ1v) is 4.64. The summed E-state index contributed by atoms with van der Waals surface area (Å²) in [6, 6.07) is 0. The van der Waals surface area contributed by atoms with Gasteiger partial charge in [0.25, 0.3) is 0 Å². The number of hydrogen-bond acceptors (Lipinski definition) is 2. The Hall–Kier alpha value is -1.06. The number of rotatable bonds is 6. The number of nitrogens with two attached hydrogens (primary N) is 1. The minimum Gasteiger partial charge on any atom is -0.370 e. The summed E-state index contributed by atoms with van der Waals surface area (Å²) in [5, 5.41) is 2.74. The molecular weight excluding hydrogens is 168 g/mol. The molecule has 0 aliphatic rings. The Morgan fingerprint density at radius 1 is 1.46 bits per heavy atom. The zero-order chi connectivity index (χ0) is 10.3. The van der Waals surface area contributed by atoms with Crippen molar-refractivity contribution in [1.29, 1.82) is 0 Å². The molecule has 0 heterocycles. The summed E-state index contributed by atoms with van der Waals surface area (Å²) in [5.41, 5.74) is 4.97. The minimum absolute atomic E-state index is 0.0905. The summed E-state index contributed by atoms with van der Waals surface area (Å²) in [7, 11) is 0. The van der Waals surface area contributed by atoms with Crippen molar-refractivity contribution in [3.8, 4) is 0 Å². The molecule has 0 saturated heterocycles. The monoisotopic (exact) mass is 186 g/mol. The van der Waals surface area contributed by atoms with Gasteiger partial charge in [0.1, 0.15) is 0 Å². The van der Waals surface area contributed by atoms with E-state index in [1.807, 2.05) is 0 Å². The topological polar surface area (TPSA) is 72.2 Å². The fourth-order valence-electron chi connectivity index (χ4n) is 0.957. The molecule has 4 nitrogen and oxygen atoms in total. The Morgan fingerprint density at radius 3 is 2.54 bits per heavy atom. The zero-order valence-corrected chi connectivity index (χ0v) is 8.30. The largest absolute Gasteiger partial charge is 0.370 e. The van der Waals surface area contributed by atoms with Crippen LogP contribution in [0, 0.1) is 5.92 Å². The van der Waals surface area contributed by atoms with E-state index >= 15 is 0 Å². The van der Waals surface area contributed by atoms with Crippen molar-refractivity contribution < 1.29 is 9.59 Å². The number of hydrogen-bond donors (Lipinski definition) is 2. The molecule has 0 rings (SSSR count). The van der Waals surface area contributed by atoms with E-state index in [0.29, 0.717) is 6.54 Å². The van der Waals surface area contributed by atoms with Gasteiger partial charge in [-0.05, 0) is 6.42 Å². The molecule has 0 aromatic rings. The molecule has 1 unspecified atom stereocenters. The van der Waals surface area contributed by atoms with Gasteiger partial charge in [-0.3, -0.25) is 9.59 Å². The van der Waals surface area contributed by atoms with Gasteiger partial charge in [-0.2, -0.15) is 0 Å². The summed E-state index contributed by atoms with van der Waals surface area (Å²) in [4.78, 5) is 21.7. The fraction of sp³-hybridized carbons (Fsp3) is 0.778. The molecule has 76 valence electrons. The maximum Gasteiger partial charge on any atom is 0.223 e. The number of primary amides is 1. The molecule has 0 spiro atoms. The van der Waals surface area contributed by atoms with Crippen molar-refractivity contribution in [3.63, 3.8) is 0 Å². The van der Waals surface area contributed by atoms with Crippen molar-refractivity contribution in [3.05, 3.63) is 0 Å². The predicted molar refractivity (Wildman–Crippen MR) is 50.9 cm³/mol. The number of carbonyl (C=O) groups is 2. The van der Waals surface area contributed by atoms with Crippen molar-refractivity contribution >= 4 is 11.8 Å². The summed E-state index contributed by atoms with van der Waals surface area (Å²) in [6.45, 7) is 4.43. The first kappa shape index (κ1) is 11.9. The predicted octanol–water partition coefficient (Wildman–Crippen LogP) is 0.414. The van der Waals surface area contributed by atoms with Gasteiger partial charge in [0.2, 0.25) is 11.8 Å². The van der Waals surface area contributed by atoms with E-state index in [4.69, 9.17) is 5.73 Å². The summed E-state index contributed by atoms with van der Waals surface area (Å²) in [6.07, 6.45) is 2.14. The molecule has 0 fully saturated rings. The summed E-state index contributed by atoms with van der Waals surface area (Å²) < 4.78 is 0. The van der Waals surface area contributed by atoms with Crippen LogP contribution in [0.2, 0.25) is 0 Å². The molecule has 13 heavy (non-hydrogen) atoms. The van der Waals surface area contributed by atoms with Crippen LogP contribution in [0.1, 0.15) is 33.1 Å². The quantitative estimate of drug-likeness (QED) is 0.590. The van der Waals surface area contributed by atoms with Gasteiger partial charge in [-0.1, -0.05) is 20.3 Å². The molecular formula is C9H18N2O2. The molecule has 2 amide bonds. The Balaban J connectivity index is 3.63. The average molecular weight is 186 g/mol. The lowest BCUT2D eigenvalue weighted by Gasteiger charge is -2.09. The van der Waals surface area contributed by atoms with Crippen LogP contribution in [0.15, 0.2) is 0 Å². The second-order valence-electron chi connectivity index (χ2n) is 3.22. The van der Waals surface area contributed by atoms with Gasteiger partial charge >= 0.3 is 0 Å². The SMILES string of the molecule is CCCCNC(=O)C(C)CC(N)=O. The van der Waals surface area contributed by atoms with Crippen LogP contribution in [-0.4, -0.2) is 18.4 Å². The van der Waals surface area contributed by atoms with Gasteiger partial charge in [0.15, 0.2) is 0 Å². The number of unbranched alkanes of at least 4 members (excludes halogenated alkanes) is 1. The van der Waals surface area contributed by atoms with Crippen molar-refractivity contribution in [2.75, 3.05) is 6.54 Å². The number of nitrogens with one attached hydrogen (secondary N) is 1.